The molecular weight excluding hydrogens is 459 g/mol. The van der Waals surface area contributed by atoms with E-state index in [0.29, 0.717) is 18.1 Å². The third-order valence-electron chi connectivity index (χ3n) is 4.47. The van der Waals surface area contributed by atoms with E-state index in [1.165, 1.54) is 0 Å². The molecular formula is C24H22N2O2SSe. The molecule has 0 fully saturated rings. The number of nitrogens with one attached hydrogen (secondary N) is 1. The first-order valence-electron chi connectivity index (χ1n) is 9.64. The van der Waals surface area contributed by atoms with E-state index >= 15 is 0 Å². The molecule has 4 nitrogen and oxygen atoms in total. The number of ether oxygens (including phenoxy) is 1. The van der Waals surface area contributed by atoms with Gasteiger partial charge in [0.1, 0.15) is 0 Å². The summed E-state index contributed by atoms with van der Waals surface area (Å²) in [7, 11) is 1.75. The summed E-state index contributed by atoms with van der Waals surface area (Å²) in [6, 6.07) is 25.5. The second kappa shape index (κ2) is 9.09. The molecule has 0 spiro atoms. The first-order valence-corrected chi connectivity index (χ1v) is 13.3. The first kappa shape index (κ1) is 20.7. The van der Waals surface area contributed by atoms with Crippen molar-refractivity contribution in [1.29, 1.82) is 0 Å². The molecule has 0 aromatic heterocycles. The predicted octanol–water partition coefficient (Wildman–Crippen LogP) is 4.53. The van der Waals surface area contributed by atoms with Gasteiger partial charge in [-0.2, -0.15) is 0 Å². The molecule has 1 heterocycles. The number of carbonyl (C=O) groups is 1. The molecule has 1 N–H and O–H groups in total. The van der Waals surface area contributed by atoms with Crippen molar-refractivity contribution in [2.75, 3.05) is 11.9 Å². The van der Waals surface area contributed by atoms with E-state index in [-0.39, 0.29) is 25.3 Å². The van der Waals surface area contributed by atoms with Gasteiger partial charge in [-0.1, -0.05) is 0 Å². The van der Waals surface area contributed by atoms with Crippen LogP contribution >= 0.6 is 10.2 Å². The molecule has 0 aliphatic carbocycles. The predicted molar refractivity (Wildman–Crippen MR) is 125 cm³/mol. The second-order valence-electron chi connectivity index (χ2n) is 7.50. The van der Waals surface area contributed by atoms with Crippen LogP contribution in [0.3, 0.4) is 0 Å². The summed E-state index contributed by atoms with van der Waals surface area (Å²) in [5, 5.41) is 2.98. The number of rotatable bonds is 6. The molecule has 1 aliphatic rings. The molecule has 0 radical (unpaired) electrons. The molecule has 0 unspecified atom stereocenters. The van der Waals surface area contributed by atoms with Gasteiger partial charge in [-0.05, 0) is 0 Å². The number of hydrogen-bond donors (Lipinski definition) is 1. The Kier molecular flexibility index (Phi) is 6.28. The number of aliphatic imine (C=N–C) groups is 1. The Bertz CT molecular complexity index is 1080. The number of anilines is 1. The van der Waals surface area contributed by atoms with Gasteiger partial charge in [0.25, 0.3) is 0 Å². The second-order valence-corrected chi connectivity index (χ2v) is 11.3. The van der Waals surface area contributed by atoms with Gasteiger partial charge in [0.05, 0.1) is 0 Å². The molecule has 30 heavy (non-hydrogen) atoms. The summed E-state index contributed by atoms with van der Waals surface area (Å²) in [5.74, 6) is 0.617. The average molecular weight is 481 g/mol. The van der Waals surface area contributed by atoms with Gasteiger partial charge in [-0.3, -0.25) is 0 Å². The zero-order valence-corrected chi connectivity index (χ0v) is 19.3. The third kappa shape index (κ3) is 4.96. The summed E-state index contributed by atoms with van der Waals surface area (Å²) >= 11 is 0.00933. The van der Waals surface area contributed by atoms with Crippen molar-refractivity contribution in [3.05, 3.63) is 90.0 Å². The van der Waals surface area contributed by atoms with E-state index in [9.17, 15) is 4.79 Å². The van der Waals surface area contributed by atoms with Gasteiger partial charge in [-0.25, -0.2) is 0 Å². The molecule has 1 amide bonds. The fourth-order valence-electron chi connectivity index (χ4n) is 2.97. The number of carbonyl (C=O) groups excluding carboxylic acids is 1. The van der Waals surface area contributed by atoms with Gasteiger partial charge in [0, 0.05) is 0 Å². The van der Waals surface area contributed by atoms with E-state index in [1.54, 1.807) is 10.2 Å². The number of para-hydroxylation sites is 1. The van der Waals surface area contributed by atoms with Crippen molar-refractivity contribution < 1.29 is 9.53 Å². The maximum atomic E-state index is 12.8. The van der Waals surface area contributed by atoms with Crippen molar-refractivity contribution >= 4 is 46.0 Å². The van der Waals surface area contributed by atoms with Gasteiger partial charge < -0.3 is 0 Å². The van der Waals surface area contributed by atoms with E-state index in [0.717, 1.165) is 20.6 Å². The normalized spacial score (nSPS) is 14.7. The molecule has 6 heteroatoms. The minimum atomic E-state index is -0.194. The summed E-state index contributed by atoms with van der Waals surface area (Å²) in [6.45, 7) is 4.73. The van der Waals surface area contributed by atoms with Crippen LogP contribution in [0.25, 0.3) is 0 Å². The zero-order valence-electron chi connectivity index (χ0n) is 16.8. The van der Waals surface area contributed by atoms with Gasteiger partial charge in [-0.15, -0.1) is 0 Å². The molecule has 1 aliphatic heterocycles. The van der Waals surface area contributed by atoms with E-state index < -0.39 is 0 Å². The fraction of sp³-hybridized carbons (Fsp3) is 0.167. The van der Waals surface area contributed by atoms with Gasteiger partial charge in [0.2, 0.25) is 0 Å². The van der Waals surface area contributed by atoms with E-state index in [4.69, 9.17) is 9.73 Å². The fourth-order valence-corrected chi connectivity index (χ4v) is 7.14. The summed E-state index contributed by atoms with van der Waals surface area (Å²) in [5.41, 5.74) is 2.32. The molecule has 4 rings (SSSR count). The first-order chi connectivity index (χ1) is 14.5. The molecule has 0 saturated carbocycles. The Morgan fingerprint density at radius 2 is 1.70 bits per heavy atom. The molecule has 0 bridgehead atoms. The SMILES string of the molecule is CC1(C)COC(c2ccccc2S[Se]c2ccccc2C(=O)Nc2ccccc2)=N1. The van der Waals surface area contributed by atoms with Gasteiger partial charge in [0.15, 0.2) is 0 Å². The van der Waals surface area contributed by atoms with Crippen LogP contribution < -0.4 is 9.78 Å². The van der Waals surface area contributed by atoms with Crippen LogP contribution in [0.5, 0.6) is 0 Å². The van der Waals surface area contributed by atoms with Crippen molar-refractivity contribution in [1.82, 2.24) is 0 Å². The zero-order chi connectivity index (χ0) is 21.0. The summed E-state index contributed by atoms with van der Waals surface area (Å²) in [4.78, 5) is 18.7. The Balaban J connectivity index is 1.53. The number of benzene rings is 3. The van der Waals surface area contributed by atoms with Crippen molar-refractivity contribution in [2.45, 2.75) is 24.3 Å². The summed E-state index contributed by atoms with van der Waals surface area (Å²) in [6.07, 6.45) is 0. The Labute approximate surface area is 186 Å². The van der Waals surface area contributed by atoms with E-state index in [2.05, 4.69) is 25.2 Å². The van der Waals surface area contributed by atoms with Crippen LogP contribution in [-0.2, 0) is 4.74 Å². The number of amides is 1. The van der Waals surface area contributed by atoms with E-state index in [1.807, 2.05) is 72.8 Å². The third-order valence-corrected chi connectivity index (χ3v) is 8.80. The van der Waals surface area contributed by atoms with Crippen LogP contribution in [-0.4, -0.2) is 37.8 Å². The maximum absolute atomic E-state index is 12.8. The van der Waals surface area contributed by atoms with Crippen LogP contribution in [0.15, 0.2) is 88.8 Å². The van der Waals surface area contributed by atoms with Gasteiger partial charge >= 0.3 is 187 Å². The quantitative estimate of drug-likeness (QED) is 0.527. The minimum absolute atomic E-state index is 0.00933. The van der Waals surface area contributed by atoms with Crippen molar-refractivity contribution in [3.8, 4) is 0 Å². The molecule has 0 saturated heterocycles. The Morgan fingerprint density at radius 3 is 2.47 bits per heavy atom. The Hall–Kier alpha value is -2.53. The monoisotopic (exact) mass is 482 g/mol. The van der Waals surface area contributed by atoms with Crippen LogP contribution in [0.4, 0.5) is 5.69 Å². The summed E-state index contributed by atoms with van der Waals surface area (Å²) < 4.78 is 6.90. The topological polar surface area (TPSA) is 50.7 Å². The molecule has 152 valence electrons. The number of nitrogens with zero attached hydrogens (tertiary/aromatic N) is 1. The van der Waals surface area contributed by atoms with Crippen LogP contribution in [0.2, 0.25) is 0 Å². The standard InChI is InChI=1S/C24H22N2O2SSe/c1-24(2)16-28-23(26-24)18-12-6-8-14-20(18)29-30-21-15-9-7-13-19(21)22(27)25-17-10-4-3-5-11-17/h3-15H,16H2,1-2H3,(H,25,27). The molecule has 3 aromatic rings. The Morgan fingerprint density at radius 1 is 1.00 bits per heavy atom. The average Bonchev–Trinajstić information content (AvgIpc) is 3.13. The molecule has 3 aromatic carbocycles. The van der Waals surface area contributed by atoms with Crippen LogP contribution in [0, 0.1) is 0 Å². The van der Waals surface area contributed by atoms with Crippen molar-refractivity contribution in [3.63, 3.8) is 0 Å². The van der Waals surface area contributed by atoms with Crippen molar-refractivity contribution in [2.24, 2.45) is 4.99 Å². The molecule has 0 atom stereocenters. The van der Waals surface area contributed by atoms with Crippen LogP contribution in [0.1, 0.15) is 29.8 Å². The number of hydrogen-bond acceptors (Lipinski definition) is 4.